The first-order chi connectivity index (χ1) is 8.50. The molecule has 18 heavy (non-hydrogen) atoms. The Balaban J connectivity index is 2.13. The van der Waals surface area contributed by atoms with Gasteiger partial charge in [0.15, 0.2) is 0 Å². The third kappa shape index (κ3) is 2.16. The normalized spacial score (nSPS) is 15.6. The zero-order valence-electron chi connectivity index (χ0n) is 10.3. The summed E-state index contributed by atoms with van der Waals surface area (Å²) in [6.45, 7) is 2.43. The Morgan fingerprint density at radius 2 is 2.22 bits per heavy atom. The minimum atomic E-state index is -0.342. The summed E-state index contributed by atoms with van der Waals surface area (Å²) in [5, 5.41) is 0. The fraction of sp³-hybridized carbons (Fsp3) is 0.385. The maximum atomic E-state index is 12.2. The zero-order chi connectivity index (χ0) is 13.3. The highest BCUT2D eigenvalue weighted by Crippen LogP contribution is 2.29. The first-order valence-electron chi connectivity index (χ1n) is 5.97. The average molecular weight is 247 g/mol. The fourth-order valence-corrected chi connectivity index (χ4v) is 2.24. The number of benzene rings is 1. The van der Waals surface area contributed by atoms with Crippen molar-refractivity contribution in [1.82, 2.24) is 4.90 Å². The van der Waals surface area contributed by atoms with Gasteiger partial charge in [-0.05, 0) is 25.5 Å². The Hall–Kier alpha value is -2.04. The van der Waals surface area contributed by atoms with E-state index in [1.807, 2.05) is 6.92 Å². The van der Waals surface area contributed by atoms with E-state index >= 15 is 0 Å². The largest absolute Gasteiger partial charge is 0.398 e. The summed E-state index contributed by atoms with van der Waals surface area (Å²) >= 11 is 0. The average Bonchev–Trinajstić information content (AvgIpc) is 2.66. The second-order valence-electron chi connectivity index (χ2n) is 4.66. The molecule has 1 unspecified atom stereocenters. The van der Waals surface area contributed by atoms with Crippen molar-refractivity contribution < 1.29 is 9.59 Å². The summed E-state index contributed by atoms with van der Waals surface area (Å²) < 4.78 is 0. The van der Waals surface area contributed by atoms with E-state index in [0.29, 0.717) is 24.2 Å². The van der Waals surface area contributed by atoms with Crippen LogP contribution >= 0.6 is 0 Å². The Kier molecular flexibility index (Phi) is 3.23. The minimum Gasteiger partial charge on any atom is -0.398 e. The molecule has 0 bridgehead atoms. The van der Waals surface area contributed by atoms with Gasteiger partial charge in [0, 0.05) is 35.8 Å². The first-order valence-corrected chi connectivity index (χ1v) is 5.97. The molecule has 0 spiro atoms. The van der Waals surface area contributed by atoms with Crippen LogP contribution in [0, 0.1) is 0 Å². The lowest BCUT2D eigenvalue weighted by Gasteiger charge is -2.23. The van der Waals surface area contributed by atoms with E-state index < -0.39 is 0 Å². The predicted molar refractivity (Wildman–Crippen MR) is 68.6 cm³/mol. The molecule has 1 aliphatic heterocycles. The molecular formula is C13H17N3O2. The molecule has 5 heteroatoms. The van der Waals surface area contributed by atoms with Crippen LogP contribution in [0.4, 0.5) is 5.69 Å². The van der Waals surface area contributed by atoms with E-state index in [4.69, 9.17) is 11.5 Å². The van der Waals surface area contributed by atoms with Gasteiger partial charge in [0.25, 0.3) is 5.91 Å². The summed E-state index contributed by atoms with van der Waals surface area (Å²) in [7, 11) is 0. The molecule has 0 saturated carbocycles. The summed E-state index contributed by atoms with van der Waals surface area (Å²) in [6.07, 6.45) is 0.867. The summed E-state index contributed by atoms with van der Waals surface area (Å²) in [5.41, 5.74) is 13.2. The fourth-order valence-electron chi connectivity index (χ4n) is 2.24. The SMILES string of the molecule is CC(CCC(N)=O)N1Cc2c(N)cccc2C1=O. The van der Waals surface area contributed by atoms with Crippen LogP contribution in [-0.4, -0.2) is 22.8 Å². The number of anilines is 1. The summed E-state index contributed by atoms with van der Waals surface area (Å²) in [5.74, 6) is -0.361. The molecule has 1 heterocycles. The highest BCUT2D eigenvalue weighted by molar-refractivity contribution is 6.00. The molecule has 0 aromatic heterocycles. The number of amides is 2. The molecule has 0 fully saturated rings. The van der Waals surface area contributed by atoms with E-state index in [0.717, 1.165) is 5.56 Å². The van der Waals surface area contributed by atoms with Crippen molar-refractivity contribution >= 4 is 17.5 Å². The van der Waals surface area contributed by atoms with Crippen LogP contribution in [0.25, 0.3) is 0 Å². The standard InChI is InChI=1S/C13H17N3O2/c1-8(5-6-12(15)17)16-7-10-9(13(16)18)3-2-4-11(10)14/h2-4,8H,5-7,14H2,1H3,(H2,15,17). The minimum absolute atomic E-state index is 0.0169. The van der Waals surface area contributed by atoms with Gasteiger partial charge in [-0.1, -0.05) is 6.07 Å². The number of nitrogen functional groups attached to an aromatic ring is 1. The Labute approximate surface area is 106 Å². The first kappa shape index (κ1) is 12.4. The molecule has 1 aromatic carbocycles. The number of rotatable bonds is 4. The number of hydrogen-bond donors (Lipinski definition) is 2. The van der Waals surface area contributed by atoms with E-state index in [1.54, 1.807) is 23.1 Å². The monoisotopic (exact) mass is 247 g/mol. The molecule has 1 atom stereocenters. The van der Waals surface area contributed by atoms with Crippen molar-refractivity contribution in [1.29, 1.82) is 0 Å². The predicted octanol–water partition coefficient (Wildman–Crippen LogP) is 0.879. The third-order valence-electron chi connectivity index (χ3n) is 3.37. The van der Waals surface area contributed by atoms with Gasteiger partial charge in [0.2, 0.25) is 5.91 Å². The van der Waals surface area contributed by atoms with Gasteiger partial charge in [-0.15, -0.1) is 0 Å². The molecule has 5 nitrogen and oxygen atoms in total. The third-order valence-corrected chi connectivity index (χ3v) is 3.37. The number of primary amides is 1. The van der Waals surface area contributed by atoms with Crippen LogP contribution in [0.5, 0.6) is 0 Å². The Bertz CT molecular complexity index is 499. The van der Waals surface area contributed by atoms with Crippen molar-refractivity contribution in [2.24, 2.45) is 5.73 Å². The maximum absolute atomic E-state index is 12.2. The molecule has 2 amide bonds. The lowest BCUT2D eigenvalue weighted by molar-refractivity contribution is -0.118. The van der Waals surface area contributed by atoms with Crippen molar-refractivity contribution in [2.75, 3.05) is 5.73 Å². The van der Waals surface area contributed by atoms with Gasteiger partial charge in [0.1, 0.15) is 0 Å². The van der Waals surface area contributed by atoms with Crippen LogP contribution < -0.4 is 11.5 Å². The molecule has 1 aromatic rings. The second-order valence-corrected chi connectivity index (χ2v) is 4.66. The Morgan fingerprint density at radius 3 is 2.83 bits per heavy atom. The van der Waals surface area contributed by atoms with Crippen LogP contribution in [0.2, 0.25) is 0 Å². The van der Waals surface area contributed by atoms with Gasteiger partial charge in [-0.25, -0.2) is 0 Å². The zero-order valence-corrected chi connectivity index (χ0v) is 10.3. The molecule has 2 rings (SSSR count). The van der Waals surface area contributed by atoms with E-state index in [1.165, 1.54) is 0 Å². The van der Waals surface area contributed by atoms with Gasteiger partial charge in [-0.3, -0.25) is 9.59 Å². The summed E-state index contributed by atoms with van der Waals surface area (Å²) in [6, 6.07) is 5.35. The lowest BCUT2D eigenvalue weighted by atomic mass is 10.1. The van der Waals surface area contributed by atoms with Gasteiger partial charge in [-0.2, -0.15) is 0 Å². The number of hydrogen-bond acceptors (Lipinski definition) is 3. The number of carbonyl (C=O) groups is 2. The topological polar surface area (TPSA) is 89.4 Å². The highest BCUT2D eigenvalue weighted by atomic mass is 16.2. The molecule has 1 aliphatic rings. The molecule has 0 saturated heterocycles. The van der Waals surface area contributed by atoms with Crippen LogP contribution in [0.3, 0.4) is 0 Å². The molecule has 0 radical (unpaired) electrons. The second kappa shape index (κ2) is 4.68. The van der Waals surface area contributed by atoms with Gasteiger partial charge < -0.3 is 16.4 Å². The number of carbonyl (C=O) groups excluding carboxylic acids is 2. The Morgan fingerprint density at radius 1 is 1.50 bits per heavy atom. The van der Waals surface area contributed by atoms with Crippen molar-refractivity contribution in [3.05, 3.63) is 29.3 Å². The molecule has 96 valence electrons. The maximum Gasteiger partial charge on any atom is 0.254 e. The van der Waals surface area contributed by atoms with E-state index in [9.17, 15) is 9.59 Å². The molecular weight excluding hydrogens is 230 g/mol. The van der Waals surface area contributed by atoms with Crippen molar-refractivity contribution in [2.45, 2.75) is 32.4 Å². The van der Waals surface area contributed by atoms with Gasteiger partial charge >= 0.3 is 0 Å². The van der Waals surface area contributed by atoms with Crippen LogP contribution in [-0.2, 0) is 11.3 Å². The smallest absolute Gasteiger partial charge is 0.254 e. The quantitative estimate of drug-likeness (QED) is 0.774. The van der Waals surface area contributed by atoms with Crippen LogP contribution in [0.15, 0.2) is 18.2 Å². The van der Waals surface area contributed by atoms with Crippen molar-refractivity contribution in [3.63, 3.8) is 0 Å². The molecule has 4 N–H and O–H groups in total. The lowest BCUT2D eigenvalue weighted by Crippen LogP contribution is -2.34. The van der Waals surface area contributed by atoms with Crippen molar-refractivity contribution in [3.8, 4) is 0 Å². The number of fused-ring (bicyclic) bond motifs is 1. The summed E-state index contributed by atoms with van der Waals surface area (Å²) in [4.78, 5) is 24.7. The van der Waals surface area contributed by atoms with E-state index in [2.05, 4.69) is 0 Å². The highest BCUT2D eigenvalue weighted by Gasteiger charge is 2.31. The van der Waals surface area contributed by atoms with E-state index in [-0.39, 0.29) is 24.3 Å². The number of nitrogens with zero attached hydrogens (tertiary/aromatic N) is 1. The molecule has 0 aliphatic carbocycles. The number of nitrogens with two attached hydrogens (primary N) is 2. The van der Waals surface area contributed by atoms with Crippen LogP contribution in [0.1, 0.15) is 35.7 Å². The van der Waals surface area contributed by atoms with Gasteiger partial charge in [0.05, 0.1) is 0 Å².